The lowest BCUT2D eigenvalue weighted by molar-refractivity contribution is -0.122. The molecule has 146 valence electrons. The summed E-state index contributed by atoms with van der Waals surface area (Å²) in [6.07, 6.45) is 2.37. The van der Waals surface area contributed by atoms with Crippen molar-refractivity contribution in [1.82, 2.24) is 14.9 Å². The number of carbonyl (C=O) groups is 1. The Kier molecular flexibility index (Phi) is 6.15. The first kappa shape index (κ1) is 20.1. The van der Waals surface area contributed by atoms with Crippen LogP contribution in [0.1, 0.15) is 37.9 Å². The normalized spacial score (nSPS) is 12.3. The van der Waals surface area contributed by atoms with Crippen LogP contribution in [0, 0.1) is 5.92 Å². The van der Waals surface area contributed by atoms with Crippen molar-refractivity contribution in [2.24, 2.45) is 5.92 Å². The predicted molar refractivity (Wildman–Crippen MR) is 113 cm³/mol. The highest BCUT2D eigenvalue weighted by molar-refractivity contribution is 6.31. The van der Waals surface area contributed by atoms with E-state index in [4.69, 9.17) is 11.6 Å². The highest BCUT2D eigenvalue weighted by Crippen LogP contribution is 2.22. The lowest BCUT2D eigenvalue weighted by atomic mass is 9.95. The number of nitrogens with zero attached hydrogens (tertiary/aromatic N) is 2. The molecule has 0 spiro atoms. The van der Waals surface area contributed by atoms with Crippen molar-refractivity contribution in [3.8, 4) is 0 Å². The summed E-state index contributed by atoms with van der Waals surface area (Å²) >= 11 is 5.99. The number of amides is 1. The van der Waals surface area contributed by atoms with Crippen LogP contribution in [0.4, 0.5) is 0 Å². The third-order valence-corrected chi connectivity index (χ3v) is 5.07. The Morgan fingerprint density at radius 1 is 1.18 bits per heavy atom. The third kappa shape index (κ3) is 4.42. The molecular weight excluding hydrogens is 374 g/mol. The van der Waals surface area contributed by atoms with E-state index in [1.807, 2.05) is 0 Å². The lowest BCUT2D eigenvalue weighted by Crippen LogP contribution is -2.36. The number of hydrogen-bond donors (Lipinski definition) is 1. The van der Waals surface area contributed by atoms with E-state index in [1.165, 1.54) is 16.5 Å². The Hall–Kier alpha value is -2.66. The first-order valence-corrected chi connectivity index (χ1v) is 9.79. The second-order valence-corrected chi connectivity index (χ2v) is 7.66. The maximum atomic E-state index is 12.7. The maximum absolute atomic E-state index is 12.7. The molecule has 6 heteroatoms. The number of aryl methyl sites for hydroxylation is 1. The van der Waals surface area contributed by atoms with Gasteiger partial charge in [0.25, 0.3) is 5.56 Å². The molecule has 0 aliphatic heterocycles. The second-order valence-electron chi connectivity index (χ2n) is 7.22. The van der Waals surface area contributed by atoms with E-state index in [0.29, 0.717) is 15.9 Å². The molecule has 1 aromatic heterocycles. The summed E-state index contributed by atoms with van der Waals surface area (Å²) in [6, 6.07) is 13.1. The summed E-state index contributed by atoms with van der Waals surface area (Å²) in [4.78, 5) is 29.6. The van der Waals surface area contributed by atoms with Crippen molar-refractivity contribution in [2.45, 2.75) is 39.8 Å². The predicted octanol–water partition coefficient (Wildman–Crippen LogP) is 4.13. The Morgan fingerprint density at radius 2 is 1.89 bits per heavy atom. The molecular formula is C22H24ClN3O2. The molecule has 0 aliphatic carbocycles. The van der Waals surface area contributed by atoms with Gasteiger partial charge in [0.1, 0.15) is 6.54 Å². The van der Waals surface area contributed by atoms with E-state index < -0.39 is 0 Å². The molecule has 1 N–H and O–H groups in total. The standard InChI is InChI=1S/C22H24ClN3O2/c1-4-15-5-7-16(8-6-15)21(14(2)3)25-20(27)12-26-13-24-19-10-9-17(23)11-18(19)22(26)28/h5-11,13-14,21H,4,12H2,1-3H3,(H,25,27)/t21-/m1/s1. The number of nitrogens with one attached hydrogen (secondary N) is 1. The van der Waals surface area contributed by atoms with Gasteiger partial charge in [-0.05, 0) is 41.7 Å². The zero-order chi connectivity index (χ0) is 20.3. The lowest BCUT2D eigenvalue weighted by Gasteiger charge is -2.23. The Bertz CT molecular complexity index is 1040. The molecule has 3 rings (SSSR count). The Morgan fingerprint density at radius 3 is 2.54 bits per heavy atom. The molecule has 2 aromatic carbocycles. The average Bonchev–Trinajstić information content (AvgIpc) is 2.68. The van der Waals surface area contributed by atoms with Crippen LogP contribution >= 0.6 is 11.6 Å². The van der Waals surface area contributed by atoms with Crippen LogP contribution in [-0.2, 0) is 17.8 Å². The SMILES string of the molecule is CCc1ccc([C@H](NC(=O)Cn2cnc3ccc(Cl)cc3c2=O)C(C)C)cc1. The number of hydrogen-bond acceptors (Lipinski definition) is 3. The molecule has 3 aromatic rings. The fourth-order valence-electron chi connectivity index (χ4n) is 3.21. The van der Waals surface area contributed by atoms with E-state index >= 15 is 0 Å². The quantitative estimate of drug-likeness (QED) is 0.680. The molecule has 5 nitrogen and oxygen atoms in total. The summed E-state index contributed by atoms with van der Waals surface area (Å²) in [5, 5.41) is 3.92. The molecule has 0 bridgehead atoms. The topological polar surface area (TPSA) is 64.0 Å². The van der Waals surface area contributed by atoms with Crippen molar-refractivity contribution in [3.05, 3.63) is 75.3 Å². The Labute approximate surface area is 169 Å². The van der Waals surface area contributed by atoms with Crippen molar-refractivity contribution in [2.75, 3.05) is 0 Å². The molecule has 0 saturated carbocycles. The van der Waals surface area contributed by atoms with Crippen LogP contribution in [0.2, 0.25) is 5.02 Å². The number of halogens is 1. The molecule has 1 heterocycles. The van der Waals surface area contributed by atoms with Crippen molar-refractivity contribution >= 4 is 28.4 Å². The summed E-state index contributed by atoms with van der Waals surface area (Å²) in [5.74, 6) is -0.0229. The molecule has 1 atom stereocenters. The minimum atomic E-state index is -0.281. The number of rotatable bonds is 6. The minimum Gasteiger partial charge on any atom is -0.347 e. The first-order chi connectivity index (χ1) is 13.4. The monoisotopic (exact) mass is 397 g/mol. The minimum absolute atomic E-state index is 0.0927. The van der Waals surface area contributed by atoms with E-state index in [2.05, 4.69) is 55.3 Å². The van der Waals surface area contributed by atoms with E-state index in [9.17, 15) is 9.59 Å². The number of fused-ring (bicyclic) bond motifs is 1. The van der Waals surface area contributed by atoms with Crippen molar-refractivity contribution < 1.29 is 4.79 Å². The van der Waals surface area contributed by atoms with E-state index in [-0.39, 0.29) is 30.0 Å². The van der Waals surface area contributed by atoms with E-state index in [1.54, 1.807) is 18.2 Å². The van der Waals surface area contributed by atoms with Crippen LogP contribution in [0.25, 0.3) is 10.9 Å². The van der Waals surface area contributed by atoms with Crippen LogP contribution in [0.3, 0.4) is 0 Å². The summed E-state index contributed by atoms with van der Waals surface area (Å²) < 4.78 is 1.31. The Balaban J connectivity index is 1.80. The van der Waals surface area contributed by atoms with Crippen molar-refractivity contribution in [1.29, 1.82) is 0 Å². The first-order valence-electron chi connectivity index (χ1n) is 9.42. The molecule has 0 aliphatic rings. The van der Waals surface area contributed by atoms with Gasteiger partial charge in [0.15, 0.2) is 0 Å². The van der Waals surface area contributed by atoms with Crippen molar-refractivity contribution in [3.63, 3.8) is 0 Å². The largest absolute Gasteiger partial charge is 0.347 e. The molecule has 0 saturated heterocycles. The van der Waals surface area contributed by atoms with Crippen LogP contribution < -0.4 is 10.9 Å². The van der Waals surface area contributed by atoms with Crippen LogP contribution in [0.15, 0.2) is 53.6 Å². The van der Waals surface area contributed by atoms with Gasteiger partial charge in [0.05, 0.1) is 23.3 Å². The summed E-state index contributed by atoms with van der Waals surface area (Å²) in [6.45, 7) is 6.14. The highest BCUT2D eigenvalue weighted by Gasteiger charge is 2.19. The van der Waals surface area contributed by atoms with Gasteiger partial charge in [-0.25, -0.2) is 4.98 Å². The average molecular weight is 398 g/mol. The van der Waals surface area contributed by atoms with Gasteiger partial charge in [-0.15, -0.1) is 0 Å². The molecule has 28 heavy (non-hydrogen) atoms. The smallest absolute Gasteiger partial charge is 0.261 e. The summed E-state index contributed by atoms with van der Waals surface area (Å²) in [7, 11) is 0. The van der Waals surface area contributed by atoms with Gasteiger partial charge >= 0.3 is 0 Å². The molecule has 0 fully saturated rings. The van der Waals surface area contributed by atoms with Crippen LogP contribution in [-0.4, -0.2) is 15.5 Å². The van der Waals surface area contributed by atoms with Gasteiger partial charge in [0, 0.05) is 5.02 Å². The summed E-state index contributed by atoms with van der Waals surface area (Å²) in [5.41, 5.74) is 2.58. The molecule has 1 amide bonds. The van der Waals surface area contributed by atoms with Gasteiger partial charge in [0.2, 0.25) is 5.91 Å². The third-order valence-electron chi connectivity index (χ3n) is 4.83. The zero-order valence-electron chi connectivity index (χ0n) is 16.3. The van der Waals surface area contributed by atoms with Gasteiger partial charge in [-0.3, -0.25) is 14.2 Å². The highest BCUT2D eigenvalue weighted by atomic mass is 35.5. The second kappa shape index (κ2) is 8.57. The fourth-order valence-corrected chi connectivity index (χ4v) is 3.39. The molecule has 0 radical (unpaired) electrons. The number of aromatic nitrogens is 2. The number of benzene rings is 2. The van der Waals surface area contributed by atoms with E-state index in [0.717, 1.165) is 12.0 Å². The molecule has 0 unspecified atom stereocenters. The van der Waals surface area contributed by atoms with Gasteiger partial charge < -0.3 is 5.32 Å². The van der Waals surface area contributed by atoms with Gasteiger partial charge in [-0.1, -0.05) is 56.6 Å². The zero-order valence-corrected chi connectivity index (χ0v) is 17.0. The van der Waals surface area contributed by atoms with Gasteiger partial charge in [-0.2, -0.15) is 0 Å². The van der Waals surface area contributed by atoms with Crippen LogP contribution in [0.5, 0.6) is 0 Å². The number of carbonyl (C=O) groups excluding carboxylic acids is 1. The fraction of sp³-hybridized carbons (Fsp3) is 0.318. The maximum Gasteiger partial charge on any atom is 0.261 e.